The van der Waals surface area contributed by atoms with Gasteiger partial charge in [-0.1, -0.05) is 13.3 Å². The number of rotatable bonds is 12. The first-order valence-electron chi connectivity index (χ1n) is 10.2. The van der Waals surface area contributed by atoms with Crippen molar-refractivity contribution < 1.29 is 29.3 Å². The van der Waals surface area contributed by atoms with Crippen LogP contribution in [-0.2, 0) is 9.59 Å². The van der Waals surface area contributed by atoms with Crippen LogP contribution in [0.15, 0.2) is 23.2 Å². The van der Waals surface area contributed by atoms with Gasteiger partial charge in [-0.15, -0.1) is 0 Å². The van der Waals surface area contributed by atoms with Crippen LogP contribution in [0.5, 0.6) is 11.5 Å². The number of aliphatic imine (C=N–C) groups is 1. The summed E-state index contributed by atoms with van der Waals surface area (Å²) in [5.74, 6) is -1.51. The van der Waals surface area contributed by atoms with E-state index in [4.69, 9.17) is 4.74 Å². The van der Waals surface area contributed by atoms with E-state index in [2.05, 4.69) is 26.3 Å². The molecule has 0 spiro atoms. The lowest BCUT2D eigenvalue weighted by Gasteiger charge is -2.16. The van der Waals surface area contributed by atoms with Crippen molar-refractivity contribution in [2.24, 2.45) is 4.99 Å². The summed E-state index contributed by atoms with van der Waals surface area (Å²) < 4.78 is 5.52. The molecule has 0 radical (unpaired) electrons. The Hall–Kier alpha value is -3.50. The zero-order chi connectivity index (χ0) is 22.6. The van der Waals surface area contributed by atoms with Crippen LogP contribution in [0.4, 0.5) is 0 Å². The lowest BCUT2D eigenvalue weighted by molar-refractivity contribution is -0.141. The highest BCUT2D eigenvalue weighted by molar-refractivity contribution is 5.97. The number of hydrogen-bond donors (Lipinski definition) is 6. The maximum Gasteiger partial charge on any atom is 0.328 e. The number of unbranched alkanes of at least 4 members (excludes halogenated alkanes) is 1. The molecule has 1 aromatic rings. The minimum absolute atomic E-state index is 0.0311. The normalized spacial score (nSPS) is 13.5. The van der Waals surface area contributed by atoms with Crippen molar-refractivity contribution >= 4 is 23.7 Å². The first kappa shape index (κ1) is 23.8. The number of hydrogen-bond acceptors (Lipinski definition) is 8. The molecule has 11 nitrogen and oxygen atoms in total. The Balaban J connectivity index is 1.82. The molecule has 1 aliphatic heterocycles. The van der Waals surface area contributed by atoms with Crippen molar-refractivity contribution in [1.29, 1.82) is 0 Å². The number of carboxylic acids is 1. The number of nitrogens with one attached hydrogen (secondary N) is 4. The van der Waals surface area contributed by atoms with E-state index in [0.717, 1.165) is 25.5 Å². The maximum atomic E-state index is 12.3. The molecule has 0 fully saturated rings. The van der Waals surface area contributed by atoms with E-state index in [-0.39, 0.29) is 24.3 Å². The van der Waals surface area contributed by atoms with Crippen molar-refractivity contribution in [3.05, 3.63) is 23.8 Å². The summed E-state index contributed by atoms with van der Waals surface area (Å²) in [5.41, 5.74) is -0.0311. The molecule has 1 aromatic carbocycles. The van der Waals surface area contributed by atoms with Crippen LogP contribution in [0.1, 0.15) is 36.5 Å². The second-order valence-electron chi connectivity index (χ2n) is 6.88. The Morgan fingerprint density at radius 2 is 2.13 bits per heavy atom. The standard InChI is InChI=1S/C20H29N5O6/c1-2-3-4-17(27)25-15(19(29)30)12-24-18(28)14-6-5-13(11-16(14)26)31-10-9-23-20-21-7-8-22-20/h5-6,11,15,26H,2-4,7-10,12H2,1H3,(H,24,28)(H,25,27)(H,29,30)(H2,21,22,23)/t15-/m0/s1. The number of ether oxygens (including phenoxy) is 1. The van der Waals surface area contributed by atoms with Gasteiger partial charge in [-0.25, -0.2) is 4.79 Å². The average molecular weight is 435 g/mol. The second-order valence-corrected chi connectivity index (χ2v) is 6.88. The zero-order valence-corrected chi connectivity index (χ0v) is 17.4. The van der Waals surface area contributed by atoms with Gasteiger partial charge in [0.05, 0.1) is 18.7 Å². The molecule has 0 aliphatic carbocycles. The third kappa shape index (κ3) is 8.03. The van der Waals surface area contributed by atoms with E-state index < -0.39 is 23.8 Å². The molecule has 0 aromatic heterocycles. The lowest BCUT2D eigenvalue weighted by atomic mass is 10.1. The van der Waals surface area contributed by atoms with Crippen molar-refractivity contribution in [2.75, 3.05) is 32.8 Å². The number of guanidine groups is 1. The van der Waals surface area contributed by atoms with E-state index in [0.29, 0.717) is 25.3 Å². The van der Waals surface area contributed by atoms with Crippen LogP contribution in [0.3, 0.4) is 0 Å². The molecule has 31 heavy (non-hydrogen) atoms. The SMILES string of the molecule is CCCCC(=O)N[C@@H](CNC(=O)c1ccc(OCCNC2=NCCN2)cc1O)C(=O)O. The van der Waals surface area contributed by atoms with Gasteiger partial charge in [0.15, 0.2) is 5.96 Å². The summed E-state index contributed by atoms with van der Waals surface area (Å²) in [7, 11) is 0. The molecule has 1 heterocycles. The minimum atomic E-state index is -1.26. The van der Waals surface area contributed by atoms with Gasteiger partial charge in [0.25, 0.3) is 5.91 Å². The fraction of sp³-hybridized carbons (Fsp3) is 0.500. The molecular weight excluding hydrogens is 406 g/mol. The van der Waals surface area contributed by atoms with E-state index >= 15 is 0 Å². The summed E-state index contributed by atoms with van der Waals surface area (Å²) in [6.45, 7) is 3.98. The number of benzene rings is 1. The number of phenols is 1. The van der Waals surface area contributed by atoms with E-state index in [1.807, 2.05) is 6.92 Å². The van der Waals surface area contributed by atoms with E-state index in [1.165, 1.54) is 18.2 Å². The highest BCUT2D eigenvalue weighted by Crippen LogP contribution is 2.23. The van der Waals surface area contributed by atoms with Crippen LogP contribution in [0.2, 0.25) is 0 Å². The molecule has 1 aliphatic rings. The fourth-order valence-electron chi connectivity index (χ4n) is 2.74. The number of phenolic OH excluding ortho intramolecular Hbond substituents is 1. The van der Waals surface area contributed by atoms with Gasteiger partial charge in [-0.05, 0) is 18.6 Å². The van der Waals surface area contributed by atoms with Crippen molar-refractivity contribution in [2.45, 2.75) is 32.2 Å². The Kier molecular flexibility index (Phi) is 9.40. The molecule has 170 valence electrons. The van der Waals surface area contributed by atoms with Gasteiger partial charge in [0.2, 0.25) is 5.91 Å². The lowest BCUT2D eigenvalue weighted by Crippen LogP contribution is -2.48. The first-order chi connectivity index (χ1) is 14.9. The number of carboxylic acid groups (broad SMARTS) is 1. The van der Waals surface area contributed by atoms with Crippen molar-refractivity contribution in [3.63, 3.8) is 0 Å². The summed E-state index contributed by atoms with van der Waals surface area (Å²) in [6, 6.07) is 2.96. The Morgan fingerprint density at radius 3 is 2.77 bits per heavy atom. The van der Waals surface area contributed by atoms with Gasteiger partial charge in [-0.2, -0.15) is 0 Å². The molecule has 6 N–H and O–H groups in total. The first-order valence-corrected chi connectivity index (χ1v) is 10.2. The maximum absolute atomic E-state index is 12.3. The Morgan fingerprint density at radius 1 is 1.32 bits per heavy atom. The number of carbonyl (C=O) groups excluding carboxylic acids is 2. The fourth-order valence-corrected chi connectivity index (χ4v) is 2.74. The third-order valence-corrected chi connectivity index (χ3v) is 4.41. The van der Waals surface area contributed by atoms with Crippen LogP contribution in [0, 0.1) is 0 Å². The summed E-state index contributed by atoms with van der Waals surface area (Å²) in [6.07, 6.45) is 1.68. The number of amides is 2. The zero-order valence-electron chi connectivity index (χ0n) is 17.4. The molecule has 2 amide bonds. The highest BCUT2D eigenvalue weighted by atomic mass is 16.5. The van der Waals surface area contributed by atoms with Crippen molar-refractivity contribution in [3.8, 4) is 11.5 Å². The second kappa shape index (κ2) is 12.3. The highest BCUT2D eigenvalue weighted by Gasteiger charge is 2.21. The third-order valence-electron chi connectivity index (χ3n) is 4.41. The predicted molar refractivity (Wildman–Crippen MR) is 113 cm³/mol. The van der Waals surface area contributed by atoms with Crippen LogP contribution in [-0.4, -0.2) is 72.8 Å². The van der Waals surface area contributed by atoms with Gasteiger partial charge in [-0.3, -0.25) is 14.6 Å². The molecule has 0 unspecified atom stereocenters. The number of nitrogens with zero attached hydrogens (tertiary/aromatic N) is 1. The van der Waals surface area contributed by atoms with E-state index in [1.54, 1.807) is 0 Å². The summed E-state index contributed by atoms with van der Waals surface area (Å²) in [5, 5.41) is 30.3. The molecule has 2 rings (SSSR count). The van der Waals surface area contributed by atoms with E-state index in [9.17, 15) is 24.6 Å². The largest absolute Gasteiger partial charge is 0.507 e. The van der Waals surface area contributed by atoms with Gasteiger partial charge in [0, 0.05) is 25.6 Å². The van der Waals surface area contributed by atoms with Gasteiger partial charge >= 0.3 is 5.97 Å². The number of aromatic hydroxyl groups is 1. The quantitative estimate of drug-likeness (QED) is 0.246. The van der Waals surface area contributed by atoms with Crippen LogP contribution < -0.4 is 26.0 Å². The topological polar surface area (TPSA) is 161 Å². The minimum Gasteiger partial charge on any atom is -0.507 e. The summed E-state index contributed by atoms with van der Waals surface area (Å²) in [4.78, 5) is 39.6. The molecule has 1 atom stereocenters. The van der Waals surface area contributed by atoms with Crippen LogP contribution in [0.25, 0.3) is 0 Å². The molecular formula is C20H29N5O6. The summed E-state index contributed by atoms with van der Waals surface area (Å²) >= 11 is 0. The smallest absolute Gasteiger partial charge is 0.328 e. The molecule has 0 saturated heterocycles. The predicted octanol–water partition coefficient (Wildman–Crippen LogP) is -0.191. The Bertz CT molecular complexity index is 813. The molecule has 0 bridgehead atoms. The van der Waals surface area contributed by atoms with Crippen LogP contribution >= 0.6 is 0 Å². The average Bonchev–Trinajstić information content (AvgIpc) is 3.26. The van der Waals surface area contributed by atoms with Gasteiger partial charge < -0.3 is 36.2 Å². The van der Waals surface area contributed by atoms with Gasteiger partial charge in [0.1, 0.15) is 24.1 Å². The number of carbonyl (C=O) groups is 3. The molecule has 11 heteroatoms. The molecule has 0 saturated carbocycles. The Labute approximate surface area is 180 Å². The number of aliphatic carboxylic acids is 1. The monoisotopic (exact) mass is 435 g/mol. The van der Waals surface area contributed by atoms with Crippen molar-refractivity contribution in [1.82, 2.24) is 21.3 Å².